The van der Waals surface area contributed by atoms with E-state index in [4.69, 9.17) is 0 Å². The molecular formula is C8H10N4O2. The van der Waals surface area contributed by atoms with E-state index in [2.05, 4.69) is 15.6 Å². The van der Waals surface area contributed by atoms with Crippen LogP contribution in [0.5, 0.6) is 0 Å². The molecule has 0 spiro atoms. The average molecular weight is 194 g/mol. The standard InChI is InChI=1S/C8H10N4O2/c13-7-3-6(4-10-7)11-8(14)12-2-1-9-5-12/h1-2,5-6H,3-4H2,(H,10,13)(H,11,14). The molecule has 14 heavy (non-hydrogen) atoms. The Labute approximate surface area is 80.3 Å². The summed E-state index contributed by atoms with van der Waals surface area (Å²) in [6.07, 6.45) is 4.84. The highest BCUT2D eigenvalue weighted by Gasteiger charge is 2.22. The van der Waals surface area contributed by atoms with E-state index in [1.165, 1.54) is 17.1 Å². The van der Waals surface area contributed by atoms with Crippen molar-refractivity contribution in [2.75, 3.05) is 6.54 Å². The molecule has 6 heteroatoms. The number of amides is 2. The highest BCUT2D eigenvalue weighted by atomic mass is 16.2. The maximum Gasteiger partial charge on any atom is 0.327 e. The Kier molecular flexibility index (Phi) is 2.18. The summed E-state index contributed by atoms with van der Waals surface area (Å²) in [5, 5.41) is 5.35. The second-order valence-electron chi connectivity index (χ2n) is 3.12. The quantitative estimate of drug-likeness (QED) is 0.622. The monoisotopic (exact) mass is 194 g/mol. The first-order chi connectivity index (χ1) is 6.75. The molecule has 2 N–H and O–H groups in total. The van der Waals surface area contributed by atoms with Crippen molar-refractivity contribution in [3.05, 3.63) is 18.7 Å². The van der Waals surface area contributed by atoms with Crippen LogP contribution < -0.4 is 10.6 Å². The number of rotatable bonds is 1. The summed E-state index contributed by atoms with van der Waals surface area (Å²) in [6.45, 7) is 0.499. The Balaban J connectivity index is 1.92. The fraction of sp³-hybridized carbons (Fsp3) is 0.375. The summed E-state index contributed by atoms with van der Waals surface area (Å²) >= 11 is 0. The zero-order valence-electron chi connectivity index (χ0n) is 7.43. The third kappa shape index (κ3) is 1.73. The van der Waals surface area contributed by atoms with Gasteiger partial charge < -0.3 is 10.6 Å². The maximum absolute atomic E-state index is 11.4. The summed E-state index contributed by atoms with van der Waals surface area (Å²) in [6, 6.07) is -0.374. The number of hydrogen-bond donors (Lipinski definition) is 2. The first-order valence-electron chi connectivity index (χ1n) is 4.31. The van der Waals surface area contributed by atoms with Crippen molar-refractivity contribution in [2.45, 2.75) is 12.5 Å². The Morgan fingerprint density at radius 2 is 2.57 bits per heavy atom. The number of nitrogens with zero attached hydrogens (tertiary/aromatic N) is 2. The van der Waals surface area contributed by atoms with Crippen LogP contribution in [0.1, 0.15) is 6.42 Å². The first kappa shape index (κ1) is 8.74. The molecule has 1 aliphatic rings. The third-order valence-electron chi connectivity index (χ3n) is 2.04. The second-order valence-corrected chi connectivity index (χ2v) is 3.12. The molecule has 2 heterocycles. The van der Waals surface area contributed by atoms with Crippen LogP contribution in [0.3, 0.4) is 0 Å². The van der Waals surface area contributed by atoms with Gasteiger partial charge in [0.2, 0.25) is 5.91 Å². The van der Waals surface area contributed by atoms with Crippen LogP contribution in [0.4, 0.5) is 4.79 Å². The van der Waals surface area contributed by atoms with E-state index in [0.717, 1.165) is 0 Å². The maximum atomic E-state index is 11.4. The van der Waals surface area contributed by atoms with Crippen LogP contribution in [0.15, 0.2) is 18.7 Å². The molecule has 0 radical (unpaired) electrons. The van der Waals surface area contributed by atoms with E-state index < -0.39 is 0 Å². The van der Waals surface area contributed by atoms with Crippen molar-refractivity contribution < 1.29 is 9.59 Å². The predicted octanol–water partition coefficient (Wildman–Crippen LogP) is -0.671. The molecule has 1 saturated heterocycles. The fourth-order valence-corrected chi connectivity index (χ4v) is 1.34. The minimum atomic E-state index is -0.260. The zero-order chi connectivity index (χ0) is 9.97. The lowest BCUT2D eigenvalue weighted by atomic mass is 10.3. The van der Waals surface area contributed by atoms with Gasteiger partial charge >= 0.3 is 6.03 Å². The molecule has 74 valence electrons. The predicted molar refractivity (Wildman–Crippen MR) is 47.6 cm³/mol. The van der Waals surface area contributed by atoms with E-state index in [1.54, 1.807) is 6.20 Å². The molecule has 2 rings (SSSR count). The number of hydrogen-bond acceptors (Lipinski definition) is 3. The normalized spacial score (nSPS) is 20.6. The number of carbonyl (C=O) groups excluding carboxylic acids is 2. The molecule has 0 aromatic carbocycles. The Hall–Kier alpha value is -1.85. The smallest absolute Gasteiger partial charge is 0.327 e. The van der Waals surface area contributed by atoms with Gasteiger partial charge in [-0.05, 0) is 0 Å². The molecule has 0 aliphatic carbocycles. The molecule has 1 aromatic rings. The molecule has 0 saturated carbocycles. The molecule has 1 atom stereocenters. The van der Waals surface area contributed by atoms with E-state index in [9.17, 15) is 9.59 Å². The van der Waals surface area contributed by atoms with E-state index in [0.29, 0.717) is 13.0 Å². The van der Waals surface area contributed by atoms with Gasteiger partial charge in [0.05, 0.1) is 6.04 Å². The van der Waals surface area contributed by atoms with Crippen molar-refractivity contribution in [2.24, 2.45) is 0 Å². The van der Waals surface area contributed by atoms with Crippen LogP contribution in [0, 0.1) is 0 Å². The van der Waals surface area contributed by atoms with Crippen molar-refractivity contribution in [3.63, 3.8) is 0 Å². The molecule has 2 amide bonds. The van der Waals surface area contributed by atoms with Gasteiger partial charge in [0.25, 0.3) is 0 Å². The number of nitrogens with one attached hydrogen (secondary N) is 2. The summed E-state index contributed by atoms with van der Waals surface area (Å²) < 4.78 is 1.34. The van der Waals surface area contributed by atoms with Crippen LogP contribution in [0.25, 0.3) is 0 Å². The molecule has 1 fully saturated rings. The lowest BCUT2D eigenvalue weighted by Gasteiger charge is -2.09. The average Bonchev–Trinajstić information content (AvgIpc) is 2.75. The van der Waals surface area contributed by atoms with Gasteiger partial charge in [-0.1, -0.05) is 0 Å². The SMILES string of the molecule is O=C1CC(NC(=O)n2ccnc2)CN1. The van der Waals surface area contributed by atoms with E-state index in [1.807, 2.05) is 0 Å². The lowest BCUT2D eigenvalue weighted by Crippen LogP contribution is -2.38. The van der Waals surface area contributed by atoms with Gasteiger partial charge in [0, 0.05) is 25.4 Å². The number of carbonyl (C=O) groups is 2. The highest BCUT2D eigenvalue weighted by molar-refractivity contribution is 5.82. The molecule has 1 aromatic heterocycles. The van der Waals surface area contributed by atoms with E-state index in [-0.39, 0.29) is 18.0 Å². The van der Waals surface area contributed by atoms with Crippen LogP contribution in [0.2, 0.25) is 0 Å². The number of aromatic nitrogens is 2. The van der Waals surface area contributed by atoms with Gasteiger partial charge in [-0.2, -0.15) is 0 Å². The molecule has 6 nitrogen and oxygen atoms in total. The van der Waals surface area contributed by atoms with Gasteiger partial charge in [-0.3, -0.25) is 9.36 Å². The van der Waals surface area contributed by atoms with Crippen molar-refractivity contribution in [3.8, 4) is 0 Å². The Morgan fingerprint density at radius 3 is 3.14 bits per heavy atom. The molecular weight excluding hydrogens is 184 g/mol. The first-order valence-corrected chi connectivity index (χ1v) is 4.31. The highest BCUT2D eigenvalue weighted by Crippen LogP contribution is 1.99. The van der Waals surface area contributed by atoms with Crippen LogP contribution in [-0.2, 0) is 4.79 Å². The summed E-state index contributed by atoms with van der Waals surface area (Å²) in [7, 11) is 0. The van der Waals surface area contributed by atoms with Gasteiger partial charge in [0.15, 0.2) is 0 Å². The Morgan fingerprint density at radius 1 is 1.71 bits per heavy atom. The second kappa shape index (κ2) is 3.49. The van der Waals surface area contributed by atoms with Gasteiger partial charge in [-0.15, -0.1) is 0 Å². The molecule has 1 unspecified atom stereocenters. The summed E-state index contributed by atoms with van der Waals surface area (Å²) in [5.74, 6) is -0.0269. The summed E-state index contributed by atoms with van der Waals surface area (Å²) in [4.78, 5) is 26.0. The molecule has 1 aliphatic heterocycles. The summed E-state index contributed by atoms with van der Waals surface area (Å²) in [5.41, 5.74) is 0. The molecule has 0 bridgehead atoms. The van der Waals surface area contributed by atoms with Crippen molar-refractivity contribution in [1.29, 1.82) is 0 Å². The largest absolute Gasteiger partial charge is 0.354 e. The number of imidazole rings is 1. The van der Waals surface area contributed by atoms with Crippen LogP contribution in [-0.4, -0.2) is 34.1 Å². The lowest BCUT2D eigenvalue weighted by molar-refractivity contribution is -0.119. The van der Waals surface area contributed by atoms with Crippen molar-refractivity contribution in [1.82, 2.24) is 20.2 Å². The topological polar surface area (TPSA) is 76.0 Å². The Bertz CT molecular complexity index is 346. The van der Waals surface area contributed by atoms with Gasteiger partial charge in [-0.25, -0.2) is 9.78 Å². The van der Waals surface area contributed by atoms with E-state index >= 15 is 0 Å². The third-order valence-corrected chi connectivity index (χ3v) is 2.04. The van der Waals surface area contributed by atoms with Gasteiger partial charge in [0.1, 0.15) is 6.33 Å². The fourth-order valence-electron chi connectivity index (χ4n) is 1.34. The zero-order valence-corrected chi connectivity index (χ0v) is 7.43. The van der Waals surface area contributed by atoms with Crippen molar-refractivity contribution >= 4 is 11.9 Å². The minimum absolute atomic E-state index is 0.0269. The van der Waals surface area contributed by atoms with Crippen LogP contribution >= 0.6 is 0 Å². The minimum Gasteiger partial charge on any atom is -0.354 e.